The number of nitrogens with one attached hydrogen (secondary N) is 4. The van der Waals surface area contributed by atoms with Crippen LogP contribution < -0.4 is 37.5 Å². The Labute approximate surface area is 462 Å². The van der Waals surface area contributed by atoms with E-state index in [4.69, 9.17) is 35.3 Å². The number of nitrogens with zero attached hydrogens (tertiary/aromatic N) is 10. The van der Waals surface area contributed by atoms with E-state index in [0.717, 1.165) is 22.7 Å². The van der Waals surface area contributed by atoms with Gasteiger partial charge in [0.15, 0.2) is 17.4 Å². The number of amides is 8. The minimum Gasteiger partial charge on any atom is -0.491 e. The van der Waals surface area contributed by atoms with Gasteiger partial charge in [-0.3, -0.25) is 57.8 Å². The van der Waals surface area contributed by atoms with Gasteiger partial charge >= 0.3 is 0 Å². The van der Waals surface area contributed by atoms with Gasteiger partial charge in [-0.25, -0.2) is 24.9 Å². The predicted molar refractivity (Wildman–Crippen MR) is 293 cm³/mol. The zero-order chi connectivity index (χ0) is 58.2. The molecule has 0 radical (unpaired) electrons. The van der Waals surface area contributed by atoms with Crippen LogP contribution in [0.25, 0.3) is 44.6 Å². The van der Waals surface area contributed by atoms with Crippen LogP contribution in [0.3, 0.4) is 0 Å². The molecule has 81 heavy (non-hydrogen) atoms. The van der Waals surface area contributed by atoms with Crippen molar-refractivity contribution in [3.05, 3.63) is 95.1 Å². The molecule has 1 aliphatic heterocycles. The molecule has 8 N–H and O–H groups in total. The molecule has 8 rings (SSSR count). The van der Waals surface area contributed by atoms with E-state index in [9.17, 15) is 38.4 Å². The van der Waals surface area contributed by atoms with Crippen molar-refractivity contribution >= 4 is 86.3 Å². The highest BCUT2D eigenvalue weighted by atomic mass is 16.5. The smallest absolute Gasteiger partial charge is 0.295 e. The zero-order valence-corrected chi connectivity index (χ0v) is 45.7. The summed E-state index contributed by atoms with van der Waals surface area (Å²) in [6, 6.07) is 4.57. The molecule has 0 spiro atoms. The number of carbonyl (C=O) groups excluding carboxylic acids is 8. The van der Waals surface area contributed by atoms with Crippen LogP contribution in [0.4, 0.5) is 5.95 Å². The monoisotopic (exact) mass is 1110 g/mol. The van der Waals surface area contributed by atoms with E-state index in [1.165, 1.54) is 19.2 Å². The molecule has 8 amide bonds. The first-order valence-corrected chi connectivity index (χ1v) is 26.1. The first-order chi connectivity index (χ1) is 38.8. The Bertz CT molecular complexity index is 3660. The average molecular weight is 1110 g/mol. The van der Waals surface area contributed by atoms with E-state index in [-0.39, 0.29) is 74.8 Å². The first kappa shape index (κ1) is 57.5. The second-order valence-corrected chi connectivity index (χ2v) is 19.3. The van der Waals surface area contributed by atoms with Gasteiger partial charge in [-0.2, -0.15) is 5.10 Å². The third-order valence-electron chi connectivity index (χ3n) is 13.1. The molecule has 1 aliphatic rings. The predicted octanol–water partition coefficient (Wildman–Crippen LogP) is 2.91. The number of nitrogens with two attached hydrogens (primary N) is 2. The third kappa shape index (κ3) is 12.9. The Kier molecular flexibility index (Phi) is 17.7. The Morgan fingerprint density at radius 2 is 1.53 bits per heavy atom. The molecule has 7 heterocycles. The fourth-order valence-electron chi connectivity index (χ4n) is 9.01. The highest BCUT2D eigenvalue weighted by molar-refractivity contribution is 6.13. The van der Waals surface area contributed by atoms with Crippen molar-refractivity contribution in [1.29, 1.82) is 0 Å². The fourth-order valence-corrected chi connectivity index (χ4v) is 9.01. The summed E-state index contributed by atoms with van der Waals surface area (Å²) < 4.78 is 23.1. The minimum atomic E-state index is -1.01. The lowest BCUT2D eigenvalue weighted by Gasteiger charge is -2.24. The molecule has 0 saturated heterocycles. The van der Waals surface area contributed by atoms with Crippen molar-refractivity contribution in [3.63, 3.8) is 0 Å². The highest BCUT2D eigenvalue weighted by Crippen LogP contribution is 2.37. The molecule has 0 fully saturated rings. The number of ether oxygens (including phenoxy) is 2. The van der Waals surface area contributed by atoms with Gasteiger partial charge in [0, 0.05) is 86.8 Å². The molecule has 2 atom stereocenters. The number of pyridine rings is 1. The van der Waals surface area contributed by atoms with E-state index in [2.05, 4.69) is 41.3 Å². The van der Waals surface area contributed by atoms with Gasteiger partial charge < -0.3 is 45.9 Å². The van der Waals surface area contributed by atoms with Crippen LogP contribution in [-0.4, -0.2) is 135 Å². The normalized spacial score (nSPS) is 13.3. The summed E-state index contributed by atoms with van der Waals surface area (Å²) in [4.78, 5) is 125. The summed E-state index contributed by atoms with van der Waals surface area (Å²) in [5.41, 5.74) is 15.4. The van der Waals surface area contributed by atoms with Gasteiger partial charge in [-0.1, -0.05) is 32.9 Å². The summed E-state index contributed by atoms with van der Waals surface area (Å²) >= 11 is 0. The minimum absolute atomic E-state index is 0.0389. The van der Waals surface area contributed by atoms with Crippen LogP contribution in [0.2, 0.25) is 0 Å². The maximum atomic E-state index is 13.6. The Morgan fingerprint density at radius 3 is 2.22 bits per heavy atom. The number of imidazole rings is 1. The second kappa shape index (κ2) is 25.0. The van der Waals surface area contributed by atoms with Crippen LogP contribution in [0.1, 0.15) is 96.0 Å². The van der Waals surface area contributed by atoms with Crippen LogP contribution in [0.15, 0.2) is 65.4 Å². The quantitative estimate of drug-likeness (QED) is 0.0196. The molecule has 0 saturated carbocycles. The third-order valence-corrected chi connectivity index (χ3v) is 13.1. The van der Waals surface area contributed by atoms with Gasteiger partial charge in [0.2, 0.25) is 41.2 Å². The number of carbonyl (C=O) groups is 8. The largest absolute Gasteiger partial charge is 0.491 e. The molecule has 0 bridgehead atoms. The molecular formula is C54H62N16O11. The molecule has 424 valence electrons. The van der Waals surface area contributed by atoms with E-state index >= 15 is 0 Å². The van der Waals surface area contributed by atoms with Crippen molar-refractivity contribution in [2.75, 3.05) is 31.8 Å². The Balaban J connectivity index is 0.974. The summed E-state index contributed by atoms with van der Waals surface area (Å²) in [7, 11) is 0. The molecule has 27 heteroatoms. The lowest BCUT2D eigenvalue weighted by molar-refractivity contribution is -0.137. The lowest BCUT2D eigenvalue weighted by Crippen LogP contribution is -2.54. The van der Waals surface area contributed by atoms with Crippen molar-refractivity contribution in [1.82, 2.24) is 64.7 Å². The van der Waals surface area contributed by atoms with Crippen molar-refractivity contribution < 1.29 is 52.2 Å². The number of aromatic nitrogens is 9. The standard InChI is InChI=1S/C54H62N16O11/c1-8-36-45(81-31(7)61-36)53(78)65-54-62-37-23-33(47(56)75)25-58-50(37)69(54)17-11-10-16-68-44-34(35-26-57-48(64-49(35)68)38-21-29(5)66-70(38)9-2)22-32(46(55)74)24-39(44)80-20-12-19-79-27-59-51(76)30(6)60-52(77)43(28(3)4)63-40(71)15-18-67-41(72)13-14-42(67)73/h10-11,13-14,21-26,28,30,43H,8-9,12,15-20,27H2,1-7H3,(H2,55,74)(H2,56,75)(H,59,76)(H,60,77)(H,63,71)(H,62,65,78)/b11-10+/t30-,43-/m0/s1. The number of anilines is 1. The van der Waals surface area contributed by atoms with E-state index < -0.39 is 59.3 Å². The van der Waals surface area contributed by atoms with E-state index in [1.54, 1.807) is 48.3 Å². The molecule has 6 aromatic heterocycles. The summed E-state index contributed by atoms with van der Waals surface area (Å²) in [5, 5.41) is 16.4. The number of fused-ring (bicyclic) bond motifs is 4. The summed E-state index contributed by atoms with van der Waals surface area (Å²) in [6.45, 7) is 13.0. The SMILES string of the molecule is CCc1nc(C)oc1C(=O)Nc1nc2cc(C(N)=O)cnc2n1C/C=C/Cn1c2nc(-c3cc(C)nn3CC)ncc2c2cc(C(N)=O)cc(OCCCOCNC(=O)[C@H](C)NC(=O)[C@@H](NC(=O)CCN3C(=O)C=CC3=O)C(C)C)c21. The van der Waals surface area contributed by atoms with E-state index in [0.29, 0.717) is 81.3 Å². The Morgan fingerprint density at radius 1 is 0.802 bits per heavy atom. The van der Waals surface area contributed by atoms with Crippen LogP contribution in [0, 0.1) is 19.8 Å². The summed E-state index contributed by atoms with van der Waals surface area (Å²) in [5.74, 6) is -3.89. The number of benzene rings is 1. The Hall–Kier alpha value is -9.66. The topological polar surface area (TPSA) is 364 Å². The molecule has 0 aliphatic carbocycles. The first-order valence-electron chi connectivity index (χ1n) is 26.1. The molecule has 27 nitrogen and oxygen atoms in total. The van der Waals surface area contributed by atoms with Gasteiger partial charge in [-0.15, -0.1) is 0 Å². The highest BCUT2D eigenvalue weighted by Gasteiger charge is 2.30. The van der Waals surface area contributed by atoms with Crippen LogP contribution in [-0.2, 0) is 54.8 Å². The van der Waals surface area contributed by atoms with Gasteiger partial charge in [0.05, 0.1) is 35.7 Å². The lowest BCUT2D eigenvalue weighted by atomic mass is 10.0. The fraction of sp³-hybridized carbons (Fsp3) is 0.370. The van der Waals surface area contributed by atoms with Crippen molar-refractivity contribution in [3.8, 4) is 17.3 Å². The van der Waals surface area contributed by atoms with Gasteiger partial charge in [0.25, 0.3) is 17.7 Å². The zero-order valence-electron chi connectivity index (χ0n) is 45.7. The second-order valence-electron chi connectivity index (χ2n) is 19.3. The number of allylic oxidation sites excluding steroid dienone is 2. The summed E-state index contributed by atoms with van der Waals surface area (Å²) in [6.07, 6.45) is 9.51. The average Bonchev–Trinajstić information content (AvgIpc) is 4.43. The van der Waals surface area contributed by atoms with Crippen molar-refractivity contribution in [2.24, 2.45) is 17.4 Å². The van der Waals surface area contributed by atoms with Crippen molar-refractivity contribution in [2.45, 2.75) is 99.4 Å². The van der Waals surface area contributed by atoms with Gasteiger partial charge in [0.1, 0.15) is 41.4 Å². The molecule has 0 unspecified atom stereocenters. The van der Waals surface area contributed by atoms with Crippen LogP contribution in [0.5, 0.6) is 5.75 Å². The number of oxazole rings is 1. The maximum absolute atomic E-state index is 13.6. The number of hydrogen-bond acceptors (Lipinski definition) is 17. The molecule has 1 aromatic carbocycles. The number of rotatable bonds is 26. The van der Waals surface area contributed by atoms with E-state index in [1.807, 2.05) is 43.6 Å². The molecular weight excluding hydrogens is 1050 g/mol. The van der Waals surface area contributed by atoms with Gasteiger partial charge in [-0.05, 0) is 57.4 Å². The maximum Gasteiger partial charge on any atom is 0.295 e. The molecule has 7 aromatic rings. The number of primary amides is 2. The van der Waals surface area contributed by atoms with Crippen LogP contribution >= 0.6 is 0 Å². The number of imide groups is 1. The number of hydrogen-bond donors (Lipinski definition) is 6. The number of aryl methyl sites for hydroxylation is 4.